The zero-order chi connectivity index (χ0) is 17.6. The molecule has 4 nitrogen and oxygen atoms in total. The first-order valence-corrected chi connectivity index (χ1v) is 9.05. The van der Waals surface area contributed by atoms with Crippen LogP contribution < -0.4 is 9.64 Å². The van der Waals surface area contributed by atoms with Crippen LogP contribution in [-0.2, 0) is 4.79 Å². The van der Waals surface area contributed by atoms with Crippen LogP contribution in [-0.4, -0.2) is 43.6 Å². The molecule has 1 fully saturated rings. The quantitative estimate of drug-likeness (QED) is 0.784. The zero-order valence-electron chi connectivity index (χ0n) is 13.8. The van der Waals surface area contributed by atoms with Crippen LogP contribution in [0.1, 0.15) is 6.42 Å². The Balaban J connectivity index is 1.46. The molecule has 0 aliphatic carbocycles. The van der Waals surface area contributed by atoms with Crippen molar-refractivity contribution in [2.24, 2.45) is 0 Å². The van der Waals surface area contributed by atoms with Gasteiger partial charge in [0.25, 0.3) is 0 Å². The maximum absolute atomic E-state index is 12.3. The Morgan fingerprint density at radius 2 is 1.72 bits per heavy atom. The minimum absolute atomic E-state index is 0.123. The minimum Gasteiger partial charge on any atom is -0.493 e. The van der Waals surface area contributed by atoms with Gasteiger partial charge < -0.3 is 14.5 Å². The van der Waals surface area contributed by atoms with Crippen molar-refractivity contribution in [1.82, 2.24) is 4.90 Å². The van der Waals surface area contributed by atoms with Gasteiger partial charge in [0, 0.05) is 31.2 Å². The Bertz CT molecular complexity index is 717. The topological polar surface area (TPSA) is 32.8 Å². The average Bonchev–Trinajstić information content (AvgIpc) is 2.63. The summed E-state index contributed by atoms with van der Waals surface area (Å²) in [7, 11) is 0. The molecule has 0 bridgehead atoms. The lowest BCUT2D eigenvalue weighted by Gasteiger charge is -2.36. The molecule has 1 aliphatic heterocycles. The van der Waals surface area contributed by atoms with Crippen molar-refractivity contribution in [1.29, 1.82) is 0 Å². The van der Waals surface area contributed by atoms with Gasteiger partial charge in [-0.25, -0.2) is 0 Å². The molecule has 0 spiro atoms. The van der Waals surface area contributed by atoms with E-state index in [1.54, 1.807) is 6.07 Å². The van der Waals surface area contributed by atoms with Crippen LogP contribution in [0.4, 0.5) is 5.69 Å². The van der Waals surface area contributed by atoms with E-state index < -0.39 is 0 Å². The molecular weight excluding hydrogens is 359 g/mol. The van der Waals surface area contributed by atoms with Crippen molar-refractivity contribution in [2.75, 3.05) is 37.7 Å². The van der Waals surface area contributed by atoms with E-state index in [-0.39, 0.29) is 5.91 Å². The highest BCUT2D eigenvalue weighted by Crippen LogP contribution is 2.29. The lowest BCUT2D eigenvalue weighted by molar-refractivity contribution is -0.132. The van der Waals surface area contributed by atoms with Gasteiger partial charge in [0.15, 0.2) is 0 Å². The average molecular weight is 379 g/mol. The smallest absolute Gasteiger partial charge is 0.226 e. The number of hydrogen-bond acceptors (Lipinski definition) is 3. The summed E-state index contributed by atoms with van der Waals surface area (Å²) in [6.45, 7) is 3.28. The Kier molecular flexibility index (Phi) is 6.05. The number of hydrogen-bond donors (Lipinski definition) is 0. The third kappa shape index (κ3) is 4.80. The predicted octanol–water partition coefficient (Wildman–Crippen LogP) is 4.11. The molecule has 132 valence electrons. The van der Waals surface area contributed by atoms with Crippen LogP contribution in [0.2, 0.25) is 10.0 Å². The monoisotopic (exact) mass is 378 g/mol. The van der Waals surface area contributed by atoms with E-state index in [1.807, 2.05) is 47.4 Å². The summed E-state index contributed by atoms with van der Waals surface area (Å²) in [5.74, 6) is 0.912. The zero-order valence-corrected chi connectivity index (χ0v) is 15.3. The third-order valence-electron chi connectivity index (χ3n) is 4.21. The molecule has 0 unspecified atom stereocenters. The van der Waals surface area contributed by atoms with E-state index >= 15 is 0 Å². The van der Waals surface area contributed by atoms with E-state index in [2.05, 4.69) is 4.90 Å². The highest BCUT2D eigenvalue weighted by Gasteiger charge is 2.22. The number of halogens is 2. The molecule has 0 saturated carbocycles. The Morgan fingerprint density at radius 3 is 2.40 bits per heavy atom. The van der Waals surface area contributed by atoms with Crippen LogP contribution in [0.25, 0.3) is 0 Å². The van der Waals surface area contributed by atoms with Gasteiger partial charge in [-0.3, -0.25) is 4.79 Å². The number of benzene rings is 2. The first-order chi connectivity index (χ1) is 12.1. The van der Waals surface area contributed by atoms with Gasteiger partial charge in [-0.1, -0.05) is 41.4 Å². The lowest BCUT2D eigenvalue weighted by Crippen LogP contribution is -2.49. The molecule has 2 aromatic carbocycles. The Morgan fingerprint density at radius 1 is 1.00 bits per heavy atom. The minimum atomic E-state index is 0.123. The number of carbonyl (C=O) groups is 1. The molecule has 0 aromatic heterocycles. The molecule has 0 N–H and O–H groups in total. The molecule has 25 heavy (non-hydrogen) atoms. The van der Waals surface area contributed by atoms with Gasteiger partial charge >= 0.3 is 0 Å². The lowest BCUT2D eigenvalue weighted by atomic mass is 10.2. The predicted molar refractivity (Wildman–Crippen MR) is 102 cm³/mol. The van der Waals surface area contributed by atoms with Crippen LogP contribution in [0.5, 0.6) is 5.75 Å². The van der Waals surface area contributed by atoms with Crippen LogP contribution in [0.15, 0.2) is 48.5 Å². The summed E-state index contributed by atoms with van der Waals surface area (Å²) in [5, 5.41) is 1.27. The summed E-state index contributed by atoms with van der Waals surface area (Å²) >= 11 is 12.2. The van der Waals surface area contributed by atoms with Gasteiger partial charge in [0.05, 0.1) is 23.7 Å². The van der Waals surface area contributed by atoms with Crippen molar-refractivity contribution >= 4 is 34.8 Å². The molecule has 3 rings (SSSR count). The number of piperazine rings is 1. The first-order valence-electron chi connectivity index (χ1n) is 8.29. The number of amides is 1. The third-order valence-corrected chi connectivity index (χ3v) is 4.75. The number of anilines is 1. The van der Waals surface area contributed by atoms with Crippen LogP contribution in [0.3, 0.4) is 0 Å². The van der Waals surface area contributed by atoms with Crippen molar-refractivity contribution in [3.05, 3.63) is 58.6 Å². The molecule has 1 heterocycles. The fourth-order valence-electron chi connectivity index (χ4n) is 2.87. The number of rotatable bonds is 5. The molecule has 2 aromatic rings. The van der Waals surface area contributed by atoms with Gasteiger partial charge in [-0.15, -0.1) is 0 Å². The maximum atomic E-state index is 12.3. The maximum Gasteiger partial charge on any atom is 0.226 e. The van der Waals surface area contributed by atoms with Gasteiger partial charge in [-0.2, -0.15) is 0 Å². The van der Waals surface area contributed by atoms with Gasteiger partial charge in [0.1, 0.15) is 5.75 Å². The molecule has 1 aliphatic rings. The Hall–Kier alpha value is -1.91. The largest absolute Gasteiger partial charge is 0.493 e. The molecular formula is C19H20Cl2N2O2. The fourth-order valence-corrected chi connectivity index (χ4v) is 3.39. The molecule has 1 amide bonds. The second-order valence-electron chi connectivity index (χ2n) is 5.88. The first kappa shape index (κ1) is 17.9. The molecule has 0 radical (unpaired) electrons. The second-order valence-corrected chi connectivity index (χ2v) is 6.72. The number of nitrogens with zero attached hydrogens (tertiary/aromatic N) is 2. The SMILES string of the molecule is O=C(CCOc1ccccc1)N1CCN(c2ccc(Cl)cc2Cl)CC1. The van der Waals surface area contributed by atoms with Crippen LogP contribution >= 0.6 is 23.2 Å². The van der Waals surface area contributed by atoms with Gasteiger partial charge in [0.2, 0.25) is 5.91 Å². The van der Waals surface area contributed by atoms with E-state index in [4.69, 9.17) is 27.9 Å². The summed E-state index contributed by atoms with van der Waals surface area (Å²) in [5.41, 5.74) is 0.963. The highest BCUT2D eigenvalue weighted by molar-refractivity contribution is 6.36. The molecule has 0 atom stereocenters. The summed E-state index contributed by atoms with van der Waals surface area (Å²) in [6, 6.07) is 15.0. The van der Waals surface area contributed by atoms with Crippen molar-refractivity contribution < 1.29 is 9.53 Å². The number of carbonyl (C=O) groups excluding carboxylic acids is 1. The summed E-state index contributed by atoms with van der Waals surface area (Å²) in [6.07, 6.45) is 0.386. The number of para-hydroxylation sites is 1. The molecule has 6 heteroatoms. The Labute approximate surface area is 157 Å². The summed E-state index contributed by atoms with van der Waals surface area (Å²) in [4.78, 5) is 16.4. The van der Waals surface area contributed by atoms with Crippen LogP contribution in [0, 0.1) is 0 Å². The van der Waals surface area contributed by atoms with E-state index in [0.29, 0.717) is 36.2 Å². The van der Waals surface area contributed by atoms with E-state index in [9.17, 15) is 4.79 Å². The van der Waals surface area contributed by atoms with Crippen molar-refractivity contribution in [3.8, 4) is 5.75 Å². The van der Waals surface area contributed by atoms with E-state index in [1.165, 1.54) is 0 Å². The summed E-state index contributed by atoms with van der Waals surface area (Å²) < 4.78 is 5.60. The standard InChI is InChI=1S/C19H20Cl2N2O2/c20-15-6-7-18(17(21)14-15)22-9-11-23(12-10-22)19(24)8-13-25-16-4-2-1-3-5-16/h1-7,14H,8-13H2. The van der Waals surface area contributed by atoms with Crippen molar-refractivity contribution in [3.63, 3.8) is 0 Å². The fraction of sp³-hybridized carbons (Fsp3) is 0.316. The van der Waals surface area contributed by atoms with Crippen molar-refractivity contribution in [2.45, 2.75) is 6.42 Å². The molecule has 1 saturated heterocycles. The number of ether oxygens (including phenoxy) is 1. The normalized spacial score (nSPS) is 14.5. The van der Waals surface area contributed by atoms with Gasteiger partial charge in [-0.05, 0) is 30.3 Å². The second kappa shape index (κ2) is 8.45. The highest BCUT2D eigenvalue weighted by atomic mass is 35.5. The van der Waals surface area contributed by atoms with E-state index in [0.717, 1.165) is 24.5 Å².